The van der Waals surface area contributed by atoms with Gasteiger partial charge in [0, 0.05) is 54.5 Å². The number of nitrogens with zero attached hydrogens (tertiary/aromatic N) is 4. The summed E-state index contributed by atoms with van der Waals surface area (Å²) in [7, 11) is 0. The van der Waals surface area contributed by atoms with E-state index in [1.54, 1.807) is 0 Å². The topological polar surface area (TPSA) is 148 Å². The number of aliphatic hydroxyl groups is 1. The summed E-state index contributed by atoms with van der Waals surface area (Å²) in [5, 5.41) is 20.1. The van der Waals surface area contributed by atoms with Crippen LogP contribution in [0.5, 0.6) is 5.88 Å². The molecular weight excluding hydrogens is 648 g/mol. The Morgan fingerprint density at radius 1 is 1.28 bits per heavy atom. The average Bonchev–Trinajstić information content (AvgIpc) is 3.49. The van der Waals surface area contributed by atoms with Gasteiger partial charge in [-0.05, 0) is 56.2 Å². The Morgan fingerprint density at radius 2 is 2.09 bits per heavy atom. The first-order valence-corrected chi connectivity index (χ1v) is 16.4. The number of rotatable bonds is 5. The fourth-order valence-electron chi connectivity index (χ4n) is 8.06. The van der Waals surface area contributed by atoms with Crippen LogP contribution in [0.25, 0.3) is 0 Å². The Hall–Kier alpha value is -2.35. The molecule has 1 aromatic heterocycles. The molecule has 0 unspecified atom stereocenters. The van der Waals surface area contributed by atoms with Gasteiger partial charge in [0.1, 0.15) is 24.4 Å². The number of pyridine rings is 1. The number of hydrogen-bond acceptors (Lipinski definition) is 10. The summed E-state index contributed by atoms with van der Waals surface area (Å²) in [4.78, 5) is 9.53. The zero-order chi connectivity index (χ0) is 30.4. The summed E-state index contributed by atoms with van der Waals surface area (Å²) in [6.07, 6.45) is 4.87. The number of fused-ring (bicyclic) bond motifs is 4. The van der Waals surface area contributed by atoms with Gasteiger partial charge in [-0.3, -0.25) is 4.90 Å². The Bertz CT molecular complexity index is 1410. The summed E-state index contributed by atoms with van der Waals surface area (Å²) in [5.74, 6) is 0.845. The van der Waals surface area contributed by atoms with Crippen LogP contribution in [0.3, 0.4) is 0 Å². The molecule has 12 heteroatoms. The van der Waals surface area contributed by atoms with E-state index in [0.29, 0.717) is 55.6 Å². The van der Waals surface area contributed by atoms with Crippen LogP contribution in [0, 0.1) is 11.3 Å². The van der Waals surface area contributed by atoms with Crippen LogP contribution in [-0.2, 0) is 42.1 Å². The van der Waals surface area contributed by atoms with Crippen LogP contribution < -0.4 is 15.4 Å². The fourth-order valence-corrected chi connectivity index (χ4v) is 8.06. The Labute approximate surface area is 260 Å². The van der Waals surface area contributed by atoms with E-state index in [9.17, 15) is 14.8 Å². The molecule has 0 radical (unpaired) electrons. The van der Waals surface area contributed by atoms with Crippen molar-refractivity contribution in [2.24, 2.45) is 0 Å². The monoisotopic (exact) mass is 687 g/mol. The van der Waals surface area contributed by atoms with E-state index >= 15 is 0 Å². The number of ether oxygens (including phenoxy) is 2. The molecule has 10 nitrogen and oxygen atoms in total. The third-order valence-corrected chi connectivity index (χ3v) is 10.4. The first-order chi connectivity index (χ1) is 20.8. The number of nitriles is 1. The van der Waals surface area contributed by atoms with Crippen LogP contribution in [0.4, 0.5) is 15.8 Å². The molecule has 7 rings (SSSR count). The summed E-state index contributed by atoms with van der Waals surface area (Å²) in [5.41, 5.74) is 11.3. The zero-order valence-corrected chi connectivity index (χ0v) is 25.9. The van der Waals surface area contributed by atoms with Crippen molar-refractivity contribution in [3.8, 4) is 11.9 Å². The van der Waals surface area contributed by atoms with E-state index in [2.05, 4.69) is 22.8 Å². The second kappa shape index (κ2) is 12.2. The Balaban J connectivity index is 0.00000105. The first kappa shape index (κ1) is 30.7. The average molecular weight is 688 g/mol. The SMILES string of the molecule is C[C@H]1CC[C@]2(Cc3nc(OC[C@@]45CCCN4C[C@H](F)C5)cc(N4CC[C@@H]4CO)c3CO2)c2c1ccc(N)c2C#N.[OH][Pd][OH]. The maximum atomic E-state index is 14.4. The number of halogens is 1. The van der Waals surface area contributed by atoms with Gasteiger partial charge in [0.15, 0.2) is 0 Å². The minimum atomic E-state index is -1.05. The van der Waals surface area contributed by atoms with Crippen molar-refractivity contribution in [3.05, 3.63) is 46.1 Å². The van der Waals surface area contributed by atoms with Crippen LogP contribution in [0.2, 0.25) is 0 Å². The number of hydrogen-bond donors (Lipinski definition) is 4. The number of nitrogens with two attached hydrogens (primary N) is 1. The van der Waals surface area contributed by atoms with Crippen molar-refractivity contribution in [2.45, 2.75) is 87.7 Å². The summed E-state index contributed by atoms with van der Waals surface area (Å²) < 4.78 is 41.9. The Morgan fingerprint density at radius 3 is 2.81 bits per heavy atom. The number of nitrogen functional groups attached to an aromatic ring is 1. The predicted molar refractivity (Wildman–Crippen MR) is 153 cm³/mol. The van der Waals surface area contributed by atoms with Gasteiger partial charge in [-0.2, -0.15) is 5.26 Å². The quantitative estimate of drug-likeness (QED) is 0.273. The van der Waals surface area contributed by atoms with Gasteiger partial charge in [0.2, 0.25) is 5.88 Å². The van der Waals surface area contributed by atoms with Crippen LogP contribution >= 0.6 is 0 Å². The molecule has 3 fully saturated rings. The van der Waals surface area contributed by atoms with Crippen LogP contribution in [-0.4, -0.2) is 73.3 Å². The standard InChI is InChI=1S/C31H38FN5O3.2H2O.Pd/c1-19-5-8-31(29-22(19)3-4-25(34)23(29)14-33)13-26-24(17-40-31)27(37-10-6-21(37)16-38)11-28(35-26)39-18-30-7-2-9-36(30)15-20(32)12-30;;;/h3-4,11,19-21,38H,2,5-10,12-13,15-18,34H2,1H3;2*1H2;/q;;;+2/p-2/t19-,20+,21+,30-,31-;;;/m0.../s1. The molecule has 5 aliphatic rings. The van der Waals surface area contributed by atoms with Crippen molar-refractivity contribution in [1.82, 2.24) is 9.88 Å². The molecule has 3 saturated heterocycles. The minimum absolute atomic E-state index is 0.0579. The molecule has 0 bridgehead atoms. The van der Waals surface area contributed by atoms with E-state index in [1.807, 2.05) is 18.2 Å². The van der Waals surface area contributed by atoms with Gasteiger partial charge in [-0.15, -0.1) is 0 Å². The molecule has 236 valence electrons. The molecular formula is C31H40FN5O5Pd. The number of aliphatic hydroxyl groups excluding tert-OH is 1. The zero-order valence-electron chi connectivity index (χ0n) is 24.4. The second-order valence-corrected chi connectivity index (χ2v) is 13.0. The first-order valence-electron chi connectivity index (χ1n) is 15.0. The van der Waals surface area contributed by atoms with Gasteiger partial charge in [-0.1, -0.05) is 13.0 Å². The number of anilines is 2. The van der Waals surface area contributed by atoms with E-state index in [4.69, 9.17) is 27.9 Å². The molecule has 5 heterocycles. The maximum absolute atomic E-state index is 14.4. The Kier molecular flexibility index (Phi) is 8.71. The number of benzene rings is 1. The number of alkyl halides is 1. The van der Waals surface area contributed by atoms with Crippen LogP contribution in [0.15, 0.2) is 18.2 Å². The van der Waals surface area contributed by atoms with Gasteiger partial charge >= 0.3 is 26.4 Å². The van der Waals surface area contributed by atoms with Gasteiger partial charge in [0.25, 0.3) is 0 Å². The summed E-state index contributed by atoms with van der Waals surface area (Å²) >= 11 is -1.05. The van der Waals surface area contributed by atoms with Crippen molar-refractivity contribution in [3.63, 3.8) is 0 Å². The van der Waals surface area contributed by atoms with Crippen LogP contribution in [0.1, 0.15) is 79.3 Å². The molecule has 5 N–H and O–H groups in total. The van der Waals surface area contributed by atoms with E-state index in [-0.39, 0.29) is 18.2 Å². The molecule has 43 heavy (non-hydrogen) atoms. The predicted octanol–water partition coefficient (Wildman–Crippen LogP) is 2.81. The van der Waals surface area contributed by atoms with Crippen molar-refractivity contribution < 1.29 is 45.4 Å². The summed E-state index contributed by atoms with van der Waals surface area (Å²) in [6.45, 7) is 5.31. The number of aromatic nitrogens is 1. The third kappa shape index (κ3) is 5.33. The summed E-state index contributed by atoms with van der Waals surface area (Å²) in [6, 6.07) is 8.29. The normalized spacial score (nSPS) is 31.0. The molecule has 4 aliphatic heterocycles. The molecule has 5 atom stereocenters. The molecule has 1 aliphatic carbocycles. The molecule has 0 saturated carbocycles. The fraction of sp³-hybridized carbons (Fsp3) is 0.613. The van der Waals surface area contributed by atoms with Gasteiger partial charge in [-0.25, -0.2) is 9.37 Å². The van der Waals surface area contributed by atoms with Crippen molar-refractivity contribution in [1.29, 1.82) is 5.26 Å². The second-order valence-electron chi connectivity index (χ2n) is 12.7. The van der Waals surface area contributed by atoms with E-state index in [1.165, 1.54) is 0 Å². The van der Waals surface area contributed by atoms with E-state index < -0.39 is 30.5 Å². The molecule has 2 aromatic rings. The van der Waals surface area contributed by atoms with Crippen molar-refractivity contribution >= 4 is 11.4 Å². The van der Waals surface area contributed by atoms with E-state index in [0.717, 1.165) is 73.3 Å². The third-order valence-electron chi connectivity index (χ3n) is 10.4. The van der Waals surface area contributed by atoms with Gasteiger partial charge < -0.3 is 25.2 Å². The van der Waals surface area contributed by atoms with Crippen molar-refractivity contribution in [2.75, 3.05) is 43.5 Å². The molecule has 1 spiro atoms. The van der Waals surface area contributed by atoms with Gasteiger partial charge in [0.05, 0.1) is 36.1 Å². The molecule has 1 aromatic carbocycles. The molecule has 0 amide bonds.